The van der Waals surface area contributed by atoms with Gasteiger partial charge in [-0.3, -0.25) is 4.79 Å². The third-order valence-electron chi connectivity index (χ3n) is 8.05. The van der Waals surface area contributed by atoms with Crippen molar-refractivity contribution in [2.75, 3.05) is 13.2 Å². The molecule has 32 heavy (non-hydrogen) atoms. The minimum Gasteiger partial charge on any atom is -0.491 e. The fraction of sp³-hybridized carbons (Fsp3) is 0.692. The van der Waals surface area contributed by atoms with E-state index in [1.54, 1.807) is 17.0 Å². The molecule has 3 atom stereocenters. The Hall–Kier alpha value is -1.75. The largest absolute Gasteiger partial charge is 0.491 e. The van der Waals surface area contributed by atoms with Crippen molar-refractivity contribution in [2.45, 2.75) is 77.4 Å². The van der Waals surface area contributed by atoms with E-state index in [4.69, 9.17) is 21.1 Å². The number of amides is 1. The second-order valence-electron chi connectivity index (χ2n) is 11.5. The van der Waals surface area contributed by atoms with Gasteiger partial charge in [-0.1, -0.05) is 11.6 Å². The number of hydrogen-bond acceptors (Lipinski definition) is 4. The van der Waals surface area contributed by atoms with Crippen molar-refractivity contribution in [1.29, 1.82) is 0 Å². The number of rotatable bonds is 5. The van der Waals surface area contributed by atoms with E-state index in [0.29, 0.717) is 34.7 Å². The van der Waals surface area contributed by atoms with E-state index < -0.39 is 11.6 Å². The third-order valence-corrected chi connectivity index (χ3v) is 8.34. The molecule has 1 aromatic carbocycles. The number of nitrogens with zero attached hydrogens (tertiary/aromatic N) is 1. The maximum absolute atomic E-state index is 13.2. The van der Waals surface area contributed by atoms with E-state index >= 15 is 0 Å². The monoisotopic (exact) mass is 459 g/mol. The normalized spacial score (nSPS) is 33.1. The van der Waals surface area contributed by atoms with Crippen LogP contribution >= 0.6 is 11.6 Å². The number of benzene rings is 1. The molecule has 1 heterocycles. The quantitative estimate of drug-likeness (QED) is 0.546. The van der Waals surface area contributed by atoms with Crippen LogP contribution in [0.25, 0.3) is 0 Å². The van der Waals surface area contributed by atoms with Crippen molar-refractivity contribution in [3.05, 3.63) is 28.8 Å². The van der Waals surface area contributed by atoms with Crippen molar-refractivity contribution in [3.8, 4) is 5.75 Å². The second-order valence-corrected chi connectivity index (χ2v) is 11.9. The van der Waals surface area contributed by atoms with Gasteiger partial charge < -0.3 is 14.4 Å². The summed E-state index contributed by atoms with van der Waals surface area (Å²) in [5, 5.41) is 0.456. The molecule has 4 saturated carbocycles. The zero-order valence-corrected chi connectivity index (χ0v) is 20.1. The third kappa shape index (κ3) is 4.02. The van der Waals surface area contributed by atoms with E-state index in [-0.39, 0.29) is 11.9 Å². The fourth-order valence-electron chi connectivity index (χ4n) is 6.96. The molecule has 1 aliphatic heterocycles. The zero-order valence-electron chi connectivity index (χ0n) is 19.4. The lowest BCUT2D eigenvalue weighted by molar-refractivity contribution is -0.159. The van der Waals surface area contributed by atoms with Crippen molar-refractivity contribution < 1.29 is 19.1 Å². The summed E-state index contributed by atoms with van der Waals surface area (Å²) in [5.41, 5.74) is 0.243. The molecule has 2 unspecified atom stereocenters. The highest BCUT2D eigenvalue weighted by Crippen LogP contribution is 2.65. The molecule has 0 radical (unpaired) electrons. The van der Waals surface area contributed by atoms with E-state index in [1.807, 2.05) is 26.8 Å². The van der Waals surface area contributed by atoms with Gasteiger partial charge in [-0.25, -0.2) is 4.79 Å². The average molecular weight is 460 g/mol. The molecule has 6 heteroatoms. The molecule has 0 spiro atoms. The van der Waals surface area contributed by atoms with E-state index in [2.05, 4.69) is 0 Å². The van der Waals surface area contributed by atoms with Crippen molar-refractivity contribution in [3.63, 3.8) is 0 Å². The van der Waals surface area contributed by atoms with Crippen LogP contribution in [0.2, 0.25) is 5.02 Å². The summed E-state index contributed by atoms with van der Waals surface area (Å²) < 4.78 is 11.8. The topological polar surface area (TPSA) is 55.8 Å². The maximum Gasteiger partial charge on any atom is 0.329 e. The van der Waals surface area contributed by atoms with E-state index in [0.717, 1.165) is 30.8 Å². The van der Waals surface area contributed by atoms with Gasteiger partial charge in [0.05, 0.1) is 11.6 Å². The van der Waals surface area contributed by atoms with Gasteiger partial charge in [-0.05, 0) is 102 Å². The van der Waals surface area contributed by atoms with Gasteiger partial charge in [-0.15, -0.1) is 0 Å². The highest BCUT2D eigenvalue weighted by atomic mass is 35.5. The summed E-state index contributed by atoms with van der Waals surface area (Å²) in [6.45, 7) is 6.79. The molecule has 5 aliphatic rings. The minimum atomic E-state index is -0.575. The SMILES string of the molecule is CC(C)(C)OC(=O)[C@@H]1CCCN1C(=O)c1ccc(OCC23CC4CC(CC2C4)C3)c(Cl)c1. The van der Waals surface area contributed by atoms with Crippen LogP contribution in [0.5, 0.6) is 5.75 Å². The number of hydrogen-bond donors (Lipinski definition) is 0. The Kier molecular flexibility index (Phi) is 5.47. The maximum atomic E-state index is 13.2. The van der Waals surface area contributed by atoms with Crippen LogP contribution in [0.4, 0.5) is 0 Å². The first-order valence-corrected chi connectivity index (χ1v) is 12.5. The van der Waals surface area contributed by atoms with Crippen molar-refractivity contribution in [1.82, 2.24) is 4.90 Å². The molecule has 5 fully saturated rings. The van der Waals surface area contributed by atoms with Gasteiger partial charge in [0.25, 0.3) is 5.91 Å². The number of halogens is 1. The van der Waals surface area contributed by atoms with Gasteiger partial charge in [0.2, 0.25) is 0 Å². The molecule has 4 aliphatic carbocycles. The molecule has 0 aromatic heterocycles. The second kappa shape index (κ2) is 7.93. The van der Waals surface area contributed by atoms with Crippen LogP contribution in [-0.4, -0.2) is 41.6 Å². The first-order chi connectivity index (χ1) is 15.1. The lowest BCUT2D eigenvalue weighted by Gasteiger charge is -2.32. The Morgan fingerprint density at radius 3 is 2.53 bits per heavy atom. The number of ether oxygens (including phenoxy) is 2. The summed E-state index contributed by atoms with van der Waals surface area (Å²) in [7, 11) is 0. The molecule has 6 rings (SSSR count). The lowest BCUT2D eigenvalue weighted by atomic mass is 9.76. The molecular weight excluding hydrogens is 426 g/mol. The van der Waals surface area contributed by atoms with Crippen LogP contribution in [-0.2, 0) is 9.53 Å². The predicted octanol–water partition coefficient (Wildman–Crippen LogP) is 5.49. The van der Waals surface area contributed by atoms with Gasteiger partial charge in [-0.2, -0.15) is 0 Å². The molecule has 4 bridgehead atoms. The fourth-order valence-corrected chi connectivity index (χ4v) is 7.20. The van der Waals surface area contributed by atoms with Crippen LogP contribution in [0.15, 0.2) is 18.2 Å². The zero-order chi connectivity index (χ0) is 22.7. The van der Waals surface area contributed by atoms with Crippen molar-refractivity contribution in [2.24, 2.45) is 23.2 Å². The lowest BCUT2D eigenvalue weighted by Crippen LogP contribution is -2.43. The molecule has 5 nitrogen and oxygen atoms in total. The molecule has 1 amide bonds. The molecule has 1 aromatic rings. The summed E-state index contributed by atoms with van der Waals surface area (Å²) >= 11 is 6.54. The Bertz CT molecular complexity index is 909. The number of likely N-dealkylation sites (tertiary alicyclic amines) is 1. The first kappa shape index (κ1) is 22.1. The predicted molar refractivity (Wildman–Crippen MR) is 123 cm³/mol. The Morgan fingerprint density at radius 2 is 1.88 bits per heavy atom. The summed E-state index contributed by atoms with van der Waals surface area (Å²) in [5.74, 6) is 2.72. The van der Waals surface area contributed by atoms with Crippen molar-refractivity contribution >= 4 is 23.5 Å². The highest BCUT2D eigenvalue weighted by molar-refractivity contribution is 6.32. The van der Waals surface area contributed by atoms with E-state index in [9.17, 15) is 9.59 Å². The molecular formula is C26H34ClNO4. The Morgan fingerprint density at radius 1 is 1.16 bits per heavy atom. The number of carbonyl (C=O) groups excluding carboxylic acids is 2. The van der Waals surface area contributed by atoms with E-state index in [1.165, 1.54) is 32.1 Å². The number of esters is 1. The van der Waals surface area contributed by atoms with Gasteiger partial charge >= 0.3 is 5.97 Å². The summed E-state index contributed by atoms with van der Waals surface area (Å²) in [4.78, 5) is 27.4. The molecule has 0 N–H and O–H groups in total. The summed E-state index contributed by atoms with van der Waals surface area (Å²) in [6, 6.07) is 4.72. The van der Waals surface area contributed by atoms with Gasteiger partial charge in [0, 0.05) is 17.5 Å². The van der Waals surface area contributed by atoms with Gasteiger partial charge in [0.15, 0.2) is 0 Å². The molecule has 1 saturated heterocycles. The Balaban J connectivity index is 1.25. The minimum absolute atomic E-state index is 0.183. The smallest absolute Gasteiger partial charge is 0.329 e. The first-order valence-electron chi connectivity index (χ1n) is 12.1. The number of carbonyl (C=O) groups is 2. The van der Waals surface area contributed by atoms with Crippen LogP contribution in [0.1, 0.15) is 76.1 Å². The average Bonchev–Trinajstić information content (AvgIpc) is 3.35. The standard InChI is InChI=1S/C26H34ClNO4/c1-25(2,3)32-24(30)21-5-4-8-28(21)23(29)18-6-7-22(20(27)12-18)31-15-26-13-16-9-17(14-26)11-19(26)10-16/h6-7,12,16-17,19,21H,4-5,8-11,13-15H2,1-3H3/t16?,17?,19?,21-,26?/m0/s1. The van der Waals surface area contributed by atoms with Crippen LogP contribution in [0.3, 0.4) is 0 Å². The van der Waals surface area contributed by atoms with Crippen LogP contribution in [0, 0.1) is 23.2 Å². The summed E-state index contributed by atoms with van der Waals surface area (Å²) in [6.07, 6.45) is 8.16. The van der Waals surface area contributed by atoms with Gasteiger partial charge in [0.1, 0.15) is 17.4 Å². The van der Waals surface area contributed by atoms with Crippen LogP contribution < -0.4 is 4.74 Å². The highest BCUT2D eigenvalue weighted by Gasteiger charge is 2.58. The molecule has 174 valence electrons. The Labute approximate surface area is 195 Å².